The normalized spacial score (nSPS) is 16.0. The minimum Gasteiger partial charge on any atom is -0.480 e. The Morgan fingerprint density at radius 1 is 1.36 bits per heavy atom. The Morgan fingerprint density at radius 2 is 1.79 bits per heavy atom. The van der Waals surface area contributed by atoms with E-state index in [-0.39, 0.29) is 12.0 Å². The fraction of sp³-hybridized carbons (Fsp3) is 0.750. The Hall–Kier alpha value is -0.883. The van der Waals surface area contributed by atoms with E-state index in [4.69, 9.17) is 16.6 Å². The number of rotatable bonds is 5. The molecular weight excluding hydrogens is 200 g/mol. The van der Waals surface area contributed by atoms with E-state index in [1.54, 1.807) is 0 Å². The molecule has 14 heavy (non-hydrogen) atoms. The van der Waals surface area contributed by atoms with Gasteiger partial charge in [0.2, 0.25) is 5.91 Å². The first kappa shape index (κ1) is 13.1. The molecule has 0 rings (SSSR count). The van der Waals surface area contributed by atoms with Gasteiger partial charge in [-0.2, -0.15) is 0 Å². The third-order valence-electron chi connectivity index (χ3n) is 2.25. The Bertz CT molecular complexity index is 237. The lowest BCUT2D eigenvalue weighted by molar-refractivity contribution is -0.138. The third-order valence-corrected chi connectivity index (χ3v) is 5.04. The summed E-state index contributed by atoms with van der Waals surface area (Å²) in [5.41, 5.74) is 10.3. The highest BCUT2D eigenvalue weighted by Crippen LogP contribution is 2.28. The minimum atomic E-state index is -1.78. The molecule has 0 fully saturated rings. The SMILES string of the molecule is C[Si](C)(C)C(CC(N)=O)[C@H](N)C(=O)O. The van der Waals surface area contributed by atoms with Crippen molar-refractivity contribution in [3.8, 4) is 0 Å². The van der Waals surface area contributed by atoms with E-state index in [1.807, 2.05) is 19.6 Å². The summed E-state index contributed by atoms with van der Waals surface area (Å²) in [7, 11) is -1.78. The molecule has 1 amide bonds. The molecule has 82 valence electrons. The maximum Gasteiger partial charge on any atom is 0.320 e. The smallest absolute Gasteiger partial charge is 0.320 e. The number of carboxylic acid groups (broad SMARTS) is 1. The number of carboxylic acids is 1. The first-order chi connectivity index (χ1) is 6.16. The molecule has 0 aliphatic rings. The van der Waals surface area contributed by atoms with Crippen molar-refractivity contribution in [3.05, 3.63) is 0 Å². The van der Waals surface area contributed by atoms with Crippen LogP contribution in [0.1, 0.15) is 6.42 Å². The second kappa shape index (κ2) is 4.56. The summed E-state index contributed by atoms with van der Waals surface area (Å²) in [5, 5.41) is 8.77. The Kier molecular flexibility index (Phi) is 4.27. The number of amides is 1. The van der Waals surface area contributed by atoms with Crippen LogP contribution in [-0.2, 0) is 9.59 Å². The summed E-state index contributed by atoms with van der Waals surface area (Å²) in [6.45, 7) is 5.93. The second-order valence-electron chi connectivity index (χ2n) is 4.51. The zero-order valence-corrected chi connectivity index (χ0v) is 9.78. The molecule has 2 atom stereocenters. The van der Waals surface area contributed by atoms with E-state index in [0.717, 1.165) is 0 Å². The average Bonchev–Trinajstić information content (AvgIpc) is 1.96. The number of hydrogen-bond acceptors (Lipinski definition) is 3. The van der Waals surface area contributed by atoms with Crippen LogP contribution in [0.25, 0.3) is 0 Å². The van der Waals surface area contributed by atoms with Gasteiger partial charge in [-0.25, -0.2) is 0 Å². The van der Waals surface area contributed by atoms with Crippen LogP contribution in [0.3, 0.4) is 0 Å². The van der Waals surface area contributed by atoms with E-state index in [1.165, 1.54) is 0 Å². The van der Waals surface area contributed by atoms with Crippen LogP contribution in [0.2, 0.25) is 25.2 Å². The van der Waals surface area contributed by atoms with Crippen LogP contribution >= 0.6 is 0 Å². The Labute approximate surface area is 84.5 Å². The summed E-state index contributed by atoms with van der Waals surface area (Å²) in [4.78, 5) is 21.5. The maximum absolute atomic E-state index is 10.8. The molecule has 1 unspecified atom stereocenters. The molecule has 0 aromatic rings. The van der Waals surface area contributed by atoms with E-state index in [2.05, 4.69) is 0 Å². The predicted octanol–water partition coefficient (Wildman–Crippen LogP) is -0.0179. The zero-order chi connectivity index (χ0) is 11.5. The summed E-state index contributed by atoms with van der Waals surface area (Å²) < 4.78 is 0. The van der Waals surface area contributed by atoms with Crippen molar-refractivity contribution < 1.29 is 14.7 Å². The van der Waals surface area contributed by atoms with Crippen molar-refractivity contribution in [2.75, 3.05) is 0 Å². The molecule has 0 saturated carbocycles. The highest BCUT2D eigenvalue weighted by Gasteiger charge is 2.36. The van der Waals surface area contributed by atoms with Crippen molar-refractivity contribution in [3.63, 3.8) is 0 Å². The second-order valence-corrected chi connectivity index (χ2v) is 9.98. The molecule has 0 radical (unpaired) electrons. The molecule has 5 N–H and O–H groups in total. The van der Waals surface area contributed by atoms with Gasteiger partial charge in [0.05, 0.1) is 8.07 Å². The first-order valence-electron chi connectivity index (χ1n) is 4.43. The van der Waals surface area contributed by atoms with Gasteiger partial charge >= 0.3 is 5.97 Å². The highest BCUT2D eigenvalue weighted by atomic mass is 28.3. The van der Waals surface area contributed by atoms with Crippen molar-refractivity contribution >= 4 is 20.0 Å². The number of nitrogens with two attached hydrogens (primary N) is 2. The quantitative estimate of drug-likeness (QED) is 0.564. The average molecular weight is 218 g/mol. The Morgan fingerprint density at radius 3 is 2.00 bits per heavy atom. The molecule has 0 heterocycles. The van der Waals surface area contributed by atoms with Gasteiger partial charge in [0, 0.05) is 6.42 Å². The van der Waals surface area contributed by atoms with Gasteiger partial charge in [-0.05, 0) is 5.54 Å². The first-order valence-corrected chi connectivity index (χ1v) is 8.00. The molecule has 0 spiro atoms. The van der Waals surface area contributed by atoms with Crippen molar-refractivity contribution in [1.29, 1.82) is 0 Å². The van der Waals surface area contributed by atoms with Gasteiger partial charge in [0.1, 0.15) is 6.04 Å². The van der Waals surface area contributed by atoms with Crippen LogP contribution in [0.4, 0.5) is 0 Å². The number of carbonyl (C=O) groups excluding carboxylic acids is 1. The number of primary amides is 1. The maximum atomic E-state index is 10.8. The van der Waals surface area contributed by atoms with E-state index in [0.29, 0.717) is 0 Å². The fourth-order valence-corrected chi connectivity index (χ4v) is 3.39. The standard InChI is InChI=1S/C8H18N2O3Si/c1-14(2,3)5(4-6(9)11)7(10)8(12)13/h5,7H,4,10H2,1-3H3,(H2,9,11)(H,12,13)/t5?,7-/m0/s1. The molecule has 0 aliphatic carbocycles. The van der Waals surface area contributed by atoms with Gasteiger partial charge in [0.15, 0.2) is 0 Å². The van der Waals surface area contributed by atoms with Crippen LogP contribution in [0.5, 0.6) is 0 Å². The summed E-state index contributed by atoms with van der Waals surface area (Å²) in [6.07, 6.45) is 0.0587. The Balaban J connectivity index is 4.73. The molecule has 0 aromatic heterocycles. The van der Waals surface area contributed by atoms with Gasteiger partial charge in [-0.3, -0.25) is 9.59 Å². The lowest BCUT2D eigenvalue weighted by Crippen LogP contribution is -2.46. The molecule has 0 aromatic carbocycles. The van der Waals surface area contributed by atoms with Crippen LogP contribution < -0.4 is 11.5 Å². The predicted molar refractivity (Wildman–Crippen MR) is 56.5 cm³/mol. The van der Waals surface area contributed by atoms with Crippen molar-refractivity contribution in [2.24, 2.45) is 11.5 Å². The minimum absolute atomic E-state index is 0.0587. The highest BCUT2D eigenvalue weighted by molar-refractivity contribution is 6.78. The summed E-state index contributed by atoms with van der Waals surface area (Å²) >= 11 is 0. The summed E-state index contributed by atoms with van der Waals surface area (Å²) in [6, 6.07) is -0.992. The van der Waals surface area contributed by atoms with Gasteiger partial charge < -0.3 is 16.6 Å². The number of aliphatic carboxylic acids is 1. The van der Waals surface area contributed by atoms with Crippen LogP contribution in [0.15, 0.2) is 0 Å². The van der Waals surface area contributed by atoms with Crippen LogP contribution in [-0.4, -0.2) is 31.1 Å². The monoisotopic (exact) mass is 218 g/mol. The lowest BCUT2D eigenvalue weighted by atomic mass is 10.1. The lowest BCUT2D eigenvalue weighted by Gasteiger charge is -2.30. The van der Waals surface area contributed by atoms with E-state index >= 15 is 0 Å². The van der Waals surface area contributed by atoms with Gasteiger partial charge in [0.25, 0.3) is 0 Å². The third kappa shape index (κ3) is 3.88. The van der Waals surface area contributed by atoms with Gasteiger partial charge in [-0.1, -0.05) is 19.6 Å². The summed E-state index contributed by atoms with van der Waals surface area (Å²) in [5.74, 6) is -1.56. The number of hydrogen-bond donors (Lipinski definition) is 3. The number of carbonyl (C=O) groups is 2. The molecule has 6 heteroatoms. The molecule has 0 saturated heterocycles. The van der Waals surface area contributed by atoms with Crippen molar-refractivity contribution in [1.82, 2.24) is 0 Å². The van der Waals surface area contributed by atoms with Crippen LogP contribution in [0, 0.1) is 0 Å². The van der Waals surface area contributed by atoms with Crippen molar-refractivity contribution in [2.45, 2.75) is 37.6 Å². The largest absolute Gasteiger partial charge is 0.480 e. The molecular formula is C8H18N2O3Si. The molecule has 5 nitrogen and oxygen atoms in total. The molecule has 0 bridgehead atoms. The van der Waals surface area contributed by atoms with Gasteiger partial charge in [-0.15, -0.1) is 0 Å². The topological polar surface area (TPSA) is 106 Å². The van der Waals surface area contributed by atoms with E-state index in [9.17, 15) is 9.59 Å². The fourth-order valence-electron chi connectivity index (χ4n) is 1.36. The zero-order valence-electron chi connectivity index (χ0n) is 8.78. The van der Waals surface area contributed by atoms with E-state index < -0.39 is 26.0 Å². The molecule has 0 aliphatic heterocycles.